The van der Waals surface area contributed by atoms with Crippen molar-refractivity contribution in [1.82, 2.24) is 14.6 Å². The highest BCUT2D eigenvalue weighted by Crippen LogP contribution is 2.22. The maximum absolute atomic E-state index is 12.3. The second-order valence-electron chi connectivity index (χ2n) is 5.37. The van der Waals surface area contributed by atoms with Crippen molar-refractivity contribution in [2.45, 2.75) is 31.2 Å². The van der Waals surface area contributed by atoms with Crippen LogP contribution in [0.5, 0.6) is 0 Å². The molecule has 0 atom stereocenters. The van der Waals surface area contributed by atoms with E-state index in [1.165, 1.54) is 19.3 Å². The van der Waals surface area contributed by atoms with Gasteiger partial charge in [0.1, 0.15) is 4.90 Å². The van der Waals surface area contributed by atoms with E-state index in [2.05, 4.69) is 10.3 Å². The molecule has 0 aliphatic rings. The molecule has 8 heteroatoms. The van der Waals surface area contributed by atoms with Crippen LogP contribution < -0.4 is 5.32 Å². The van der Waals surface area contributed by atoms with Crippen molar-refractivity contribution in [3.8, 4) is 0 Å². The van der Waals surface area contributed by atoms with E-state index in [0.29, 0.717) is 0 Å². The van der Waals surface area contributed by atoms with Crippen LogP contribution in [0.4, 0.5) is 0 Å². The van der Waals surface area contributed by atoms with Crippen LogP contribution in [0.15, 0.2) is 23.4 Å². The Morgan fingerprint density at radius 1 is 1.45 bits per heavy atom. The summed E-state index contributed by atoms with van der Waals surface area (Å²) in [5.74, 6) is -0.386. The van der Waals surface area contributed by atoms with Gasteiger partial charge in [-0.2, -0.15) is 4.31 Å². The van der Waals surface area contributed by atoms with E-state index >= 15 is 0 Å². The van der Waals surface area contributed by atoms with Gasteiger partial charge >= 0.3 is 0 Å². The Balaban J connectivity index is 2.89. The summed E-state index contributed by atoms with van der Waals surface area (Å²) in [4.78, 5) is 15.4. The predicted molar refractivity (Wildman–Crippen MR) is 77.0 cm³/mol. The van der Waals surface area contributed by atoms with Gasteiger partial charge < -0.3 is 5.32 Å². The van der Waals surface area contributed by atoms with Gasteiger partial charge in [-0.25, -0.2) is 8.42 Å². The normalized spacial score (nSPS) is 12.5. The minimum Gasteiger partial charge on any atom is -0.350 e. The lowest BCUT2D eigenvalue weighted by atomic mass is 10.1. The van der Waals surface area contributed by atoms with Gasteiger partial charge in [-0.3, -0.25) is 9.78 Å². The Labute approximate surface area is 124 Å². The number of amides is 1. The number of likely N-dealkylation sites (N-methyl/N-ethyl adjacent to an activating group) is 1. The molecule has 1 amide bonds. The molecule has 1 aromatic rings. The lowest BCUT2D eigenvalue weighted by Crippen LogP contribution is -2.46. The maximum Gasteiger partial charge on any atom is 0.246 e. The van der Waals surface area contributed by atoms with Gasteiger partial charge in [0, 0.05) is 25.0 Å². The first-order valence-electron chi connectivity index (χ1n) is 5.91. The standard InChI is InChI=1S/C12H18ClN3O3S/c1-12(2,3)15-11(17)8-16(4)20(18,19)10-7-14-6-5-9(10)13/h5-7H,8H2,1-4H3,(H,15,17). The van der Waals surface area contributed by atoms with Gasteiger partial charge in [-0.15, -0.1) is 0 Å². The molecule has 0 radical (unpaired) electrons. The lowest BCUT2D eigenvalue weighted by molar-refractivity contribution is -0.122. The minimum atomic E-state index is -3.84. The smallest absolute Gasteiger partial charge is 0.246 e. The number of hydrogen-bond acceptors (Lipinski definition) is 4. The van der Waals surface area contributed by atoms with Crippen LogP contribution in [0.3, 0.4) is 0 Å². The molecular formula is C12H18ClN3O3S. The largest absolute Gasteiger partial charge is 0.350 e. The number of sulfonamides is 1. The van der Waals surface area contributed by atoms with Crippen LogP contribution in [0.1, 0.15) is 20.8 Å². The second-order valence-corrected chi connectivity index (χ2v) is 7.79. The number of nitrogens with zero attached hydrogens (tertiary/aromatic N) is 2. The predicted octanol–water partition coefficient (Wildman–Crippen LogP) is 1.27. The van der Waals surface area contributed by atoms with E-state index < -0.39 is 15.6 Å². The molecule has 0 saturated heterocycles. The Morgan fingerprint density at radius 3 is 2.55 bits per heavy atom. The van der Waals surface area contributed by atoms with Crippen molar-refractivity contribution >= 4 is 27.5 Å². The highest BCUT2D eigenvalue weighted by atomic mass is 35.5. The second kappa shape index (κ2) is 6.07. The van der Waals surface area contributed by atoms with E-state index in [9.17, 15) is 13.2 Å². The summed E-state index contributed by atoms with van der Waals surface area (Å²) in [6.07, 6.45) is 2.56. The van der Waals surface area contributed by atoms with Crippen molar-refractivity contribution in [3.63, 3.8) is 0 Å². The van der Waals surface area contributed by atoms with Crippen molar-refractivity contribution in [1.29, 1.82) is 0 Å². The number of aromatic nitrogens is 1. The average molecular weight is 320 g/mol. The van der Waals surface area contributed by atoms with Gasteiger partial charge in [-0.05, 0) is 26.8 Å². The van der Waals surface area contributed by atoms with E-state index in [-0.39, 0.29) is 22.4 Å². The zero-order valence-corrected chi connectivity index (χ0v) is 13.4. The third kappa shape index (κ3) is 4.43. The number of pyridine rings is 1. The first-order valence-corrected chi connectivity index (χ1v) is 7.73. The topological polar surface area (TPSA) is 79.4 Å². The van der Waals surface area contributed by atoms with Gasteiger partial charge in [0.25, 0.3) is 0 Å². The molecule has 0 aliphatic carbocycles. The average Bonchev–Trinajstić information content (AvgIpc) is 2.26. The molecule has 0 saturated carbocycles. The molecule has 0 aliphatic heterocycles. The third-order valence-electron chi connectivity index (χ3n) is 2.30. The highest BCUT2D eigenvalue weighted by molar-refractivity contribution is 7.89. The Hall–Kier alpha value is -1.18. The van der Waals surface area contributed by atoms with E-state index in [1.807, 2.05) is 20.8 Å². The first kappa shape index (κ1) is 16.9. The fourth-order valence-corrected chi connectivity index (χ4v) is 2.99. The van der Waals surface area contributed by atoms with Crippen LogP contribution in [0.2, 0.25) is 5.02 Å². The van der Waals surface area contributed by atoms with Gasteiger partial charge in [0.15, 0.2) is 0 Å². The van der Waals surface area contributed by atoms with E-state index in [0.717, 1.165) is 10.5 Å². The van der Waals surface area contributed by atoms with Crippen molar-refractivity contribution < 1.29 is 13.2 Å². The first-order chi connectivity index (χ1) is 9.04. The number of rotatable bonds is 4. The molecule has 1 rings (SSSR count). The summed E-state index contributed by atoms with van der Waals surface area (Å²) in [5, 5.41) is 2.77. The van der Waals surface area contributed by atoms with Gasteiger partial charge in [0.2, 0.25) is 15.9 Å². The Bertz CT molecular complexity index is 596. The summed E-state index contributed by atoms with van der Waals surface area (Å²) in [5.41, 5.74) is -0.423. The SMILES string of the molecule is CN(CC(=O)NC(C)(C)C)S(=O)(=O)c1cnccc1Cl. The summed E-state index contributed by atoms with van der Waals surface area (Å²) in [7, 11) is -2.52. The molecule has 6 nitrogen and oxygen atoms in total. The number of nitrogens with one attached hydrogen (secondary N) is 1. The van der Waals surface area contributed by atoms with Crippen molar-refractivity contribution in [2.75, 3.05) is 13.6 Å². The Kier molecular flexibility index (Phi) is 5.12. The minimum absolute atomic E-state index is 0.0723. The molecule has 1 N–H and O–H groups in total. The van der Waals surface area contributed by atoms with Crippen molar-refractivity contribution in [2.24, 2.45) is 0 Å². The highest BCUT2D eigenvalue weighted by Gasteiger charge is 2.26. The monoisotopic (exact) mass is 319 g/mol. The maximum atomic E-state index is 12.3. The van der Waals surface area contributed by atoms with Crippen molar-refractivity contribution in [3.05, 3.63) is 23.5 Å². The molecular weight excluding hydrogens is 302 g/mol. The van der Waals surface area contributed by atoms with Crippen LogP contribution in [-0.4, -0.2) is 42.7 Å². The van der Waals surface area contributed by atoms with E-state index in [4.69, 9.17) is 11.6 Å². The molecule has 112 valence electrons. The number of hydrogen-bond donors (Lipinski definition) is 1. The van der Waals surface area contributed by atoms with Crippen LogP contribution in [0, 0.1) is 0 Å². The lowest BCUT2D eigenvalue weighted by Gasteiger charge is -2.23. The number of carbonyl (C=O) groups is 1. The number of halogens is 1. The molecule has 0 unspecified atom stereocenters. The fraction of sp³-hybridized carbons (Fsp3) is 0.500. The quantitative estimate of drug-likeness (QED) is 0.906. The van der Waals surface area contributed by atoms with E-state index in [1.54, 1.807) is 0 Å². The van der Waals surface area contributed by atoms with Gasteiger partial charge in [-0.1, -0.05) is 11.6 Å². The molecule has 1 aromatic heterocycles. The van der Waals surface area contributed by atoms with Crippen LogP contribution in [0.25, 0.3) is 0 Å². The third-order valence-corrected chi connectivity index (χ3v) is 4.58. The van der Waals surface area contributed by atoms with Crippen LogP contribution in [-0.2, 0) is 14.8 Å². The Morgan fingerprint density at radius 2 is 2.05 bits per heavy atom. The van der Waals surface area contributed by atoms with Crippen LogP contribution >= 0.6 is 11.6 Å². The summed E-state index contributed by atoms with van der Waals surface area (Å²) < 4.78 is 25.5. The molecule has 0 fully saturated rings. The number of carbonyl (C=O) groups excluding carboxylic acids is 1. The summed E-state index contributed by atoms with van der Waals surface area (Å²) in [6.45, 7) is 5.16. The summed E-state index contributed by atoms with van der Waals surface area (Å²) >= 11 is 5.85. The molecule has 0 spiro atoms. The summed E-state index contributed by atoms with van der Waals surface area (Å²) in [6, 6.07) is 1.39. The zero-order chi connectivity index (χ0) is 15.6. The molecule has 1 heterocycles. The molecule has 0 aromatic carbocycles. The zero-order valence-electron chi connectivity index (χ0n) is 11.8. The molecule has 20 heavy (non-hydrogen) atoms. The van der Waals surface area contributed by atoms with Gasteiger partial charge in [0.05, 0.1) is 11.6 Å². The fourth-order valence-electron chi connectivity index (χ4n) is 1.47. The molecule has 0 bridgehead atoms.